The number of carbonyl (C=O) groups is 4. The summed E-state index contributed by atoms with van der Waals surface area (Å²) in [7, 11) is 0. The summed E-state index contributed by atoms with van der Waals surface area (Å²) in [5, 5.41) is 21.5. The van der Waals surface area contributed by atoms with Crippen LogP contribution in [-0.2, 0) is 30.3 Å². The number of rotatable bonds is 18. The van der Waals surface area contributed by atoms with E-state index in [9.17, 15) is 33.1 Å². The number of aliphatic hydroxyl groups excluding tert-OH is 1. The second-order valence-corrected chi connectivity index (χ2v) is 18.3. The second-order valence-electron chi connectivity index (χ2n) is 16.6. The Balaban J connectivity index is 0.917. The summed E-state index contributed by atoms with van der Waals surface area (Å²) in [5.74, 6) is -4.36. The Morgan fingerprint density at radius 2 is 1.74 bits per heavy atom. The lowest BCUT2D eigenvalue weighted by Crippen LogP contribution is -2.57. The molecule has 0 radical (unpaired) electrons. The fourth-order valence-corrected chi connectivity index (χ4v) is 9.06. The minimum absolute atomic E-state index is 0.0189. The molecular weight excluding hydrogens is 841 g/mol. The van der Waals surface area contributed by atoms with Gasteiger partial charge in [-0.2, -0.15) is 4.39 Å². The molecule has 14 nitrogen and oxygen atoms in total. The molecule has 2 aliphatic rings. The number of hydrogen-bond donors (Lipinski definition) is 4. The maximum absolute atomic E-state index is 14.9. The van der Waals surface area contributed by atoms with E-state index >= 15 is 0 Å². The highest BCUT2D eigenvalue weighted by Crippen LogP contribution is 2.36. The summed E-state index contributed by atoms with van der Waals surface area (Å²) in [6, 6.07) is 8.66. The van der Waals surface area contributed by atoms with Crippen LogP contribution in [-0.4, -0.2) is 114 Å². The number of anilines is 1. The molecule has 4 N–H and O–H groups in total. The fraction of sp³-hybridized carbons (Fsp3) is 0.500. The highest BCUT2D eigenvalue weighted by Gasteiger charge is 2.44. The summed E-state index contributed by atoms with van der Waals surface area (Å²) < 4.78 is 40.1. The zero-order valence-electron chi connectivity index (χ0n) is 35.5. The number of hydrogen-bond acceptors (Lipinski definition) is 12. The first-order valence-electron chi connectivity index (χ1n) is 20.9. The predicted molar refractivity (Wildman–Crippen MR) is 234 cm³/mol. The average molecular weight is 896 g/mol. The molecule has 4 amide bonds. The average Bonchev–Trinajstić information content (AvgIpc) is 4.02. The van der Waals surface area contributed by atoms with Crippen LogP contribution in [0.1, 0.15) is 64.1 Å². The molecule has 0 spiro atoms. The molecule has 4 heterocycles. The summed E-state index contributed by atoms with van der Waals surface area (Å²) in [5.41, 5.74) is 4.87. The number of aliphatic hydroxyl groups is 1. The van der Waals surface area contributed by atoms with Crippen LogP contribution in [0.4, 0.5) is 13.9 Å². The number of halogens is 2. The van der Waals surface area contributed by atoms with Crippen molar-refractivity contribution in [2.45, 2.75) is 84.4 Å². The van der Waals surface area contributed by atoms with E-state index in [2.05, 4.69) is 30.8 Å². The van der Waals surface area contributed by atoms with Gasteiger partial charge in [-0.1, -0.05) is 51.5 Å². The van der Waals surface area contributed by atoms with E-state index in [-0.39, 0.29) is 43.3 Å². The van der Waals surface area contributed by atoms with Crippen LogP contribution in [0.5, 0.6) is 5.75 Å². The predicted octanol–water partition coefficient (Wildman–Crippen LogP) is 5.26. The molecule has 6 rings (SSSR count). The van der Waals surface area contributed by atoms with Crippen LogP contribution in [0, 0.1) is 24.0 Å². The third-order valence-electron chi connectivity index (χ3n) is 10.8. The van der Waals surface area contributed by atoms with E-state index < -0.39 is 59.4 Å². The number of amides is 4. The monoisotopic (exact) mass is 895 g/mol. The molecule has 18 heteroatoms. The maximum atomic E-state index is 14.9. The summed E-state index contributed by atoms with van der Waals surface area (Å²) in [4.78, 5) is 66.5. The molecule has 2 aliphatic heterocycles. The van der Waals surface area contributed by atoms with Gasteiger partial charge in [0.15, 0.2) is 23.3 Å². The number of nitrogens with one attached hydrogen (secondary N) is 3. The normalized spacial score (nSPS) is 17.1. The minimum Gasteiger partial charge on any atom is -0.480 e. The van der Waals surface area contributed by atoms with Crippen LogP contribution in [0.15, 0.2) is 47.3 Å². The second kappa shape index (κ2) is 21.4. The van der Waals surface area contributed by atoms with Crippen LogP contribution >= 0.6 is 22.7 Å². The van der Waals surface area contributed by atoms with Crippen LogP contribution in [0.25, 0.3) is 21.7 Å². The number of likely N-dealkylation sites (tertiary alicyclic amines) is 1. The molecule has 2 saturated heterocycles. The highest BCUT2D eigenvalue weighted by molar-refractivity contribution is 7.14. The number of thiazole rings is 2. The van der Waals surface area contributed by atoms with Crippen molar-refractivity contribution in [1.82, 2.24) is 30.8 Å². The van der Waals surface area contributed by atoms with E-state index in [1.54, 1.807) is 16.7 Å². The van der Waals surface area contributed by atoms with Gasteiger partial charge in [-0.25, -0.2) is 14.4 Å². The van der Waals surface area contributed by atoms with E-state index in [1.165, 1.54) is 22.3 Å². The zero-order valence-corrected chi connectivity index (χ0v) is 37.1. The Hall–Kier alpha value is -5.04. The number of β-amino-alcohol motifs (C(OH)–C–C–N with tert-alkyl or cyclic N) is 1. The number of ether oxygens (including phenoxy) is 2. The molecule has 2 aromatic heterocycles. The molecule has 0 saturated carbocycles. The van der Waals surface area contributed by atoms with Gasteiger partial charge in [-0.05, 0) is 54.9 Å². The van der Waals surface area contributed by atoms with Crippen molar-refractivity contribution >= 4 is 51.4 Å². The molecule has 2 fully saturated rings. The largest absolute Gasteiger partial charge is 0.480 e. The van der Waals surface area contributed by atoms with Gasteiger partial charge in [0.05, 0.1) is 41.1 Å². The van der Waals surface area contributed by atoms with Gasteiger partial charge in [0.1, 0.15) is 12.1 Å². The van der Waals surface area contributed by atoms with Crippen molar-refractivity contribution in [1.29, 1.82) is 0 Å². The Bertz CT molecular complexity index is 2170. The van der Waals surface area contributed by atoms with Gasteiger partial charge in [0, 0.05) is 56.5 Å². The van der Waals surface area contributed by atoms with Crippen molar-refractivity contribution in [3.63, 3.8) is 0 Å². The highest BCUT2D eigenvalue weighted by atomic mass is 32.1. The van der Waals surface area contributed by atoms with Crippen LogP contribution < -0.4 is 25.6 Å². The van der Waals surface area contributed by atoms with Gasteiger partial charge >= 0.3 is 0 Å². The fourth-order valence-electron chi connectivity index (χ4n) is 7.37. The summed E-state index contributed by atoms with van der Waals surface area (Å²) >= 11 is 2.96. The lowest BCUT2D eigenvalue weighted by Gasteiger charge is -2.35. The standard InChI is InChI=1S/C44H55F2N7O7S2/c1-27-39(62-26-49-27)29-11-9-28(10-12-29)15-17-48-41(57)34-22-30(54)23-53(34)42(58)40(44(2,3)4)51-35(55)8-6-5-7-16-47-36(56)24-60-38-31(13-14-32(45)37(38)46)33-25-61-43(50-33)52-18-20-59-21-19-52/h9-14,25-26,30,34,40,54H,5-8,15-24H2,1-4H3,(H,47,56)(H,48,57)(H,51,55)/t30-,34-,40+/m0/s1. The lowest BCUT2D eigenvalue weighted by atomic mass is 9.85. The zero-order chi connectivity index (χ0) is 44.4. The molecular formula is C44H55F2N7O7S2. The van der Waals surface area contributed by atoms with Gasteiger partial charge in [0.25, 0.3) is 5.91 Å². The Labute approximate surface area is 368 Å². The van der Waals surface area contributed by atoms with Gasteiger partial charge < -0.3 is 40.3 Å². The van der Waals surface area contributed by atoms with Gasteiger partial charge in [-0.15, -0.1) is 22.7 Å². The lowest BCUT2D eigenvalue weighted by molar-refractivity contribution is -0.144. The number of aryl methyl sites for hydroxylation is 1. The Morgan fingerprint density at radius 1 is 0.984 bits per heavy atom. The number of nitrogens with zero attached hydrogens (tertiary/aromatic N) is 4. The van der Waals surface area contributed by atoms with Crippen molar-refractivity contribution in [2.24, 2.45) is 5.41 Å². The number of unbranched alkanes of at least 4 members (excludes halogenated alkanes) is 2. The molecule has 334 valence electrons. The quantitative estimate of drug-likeness (QED) is 0.0965. The van der Waals surface area contributed by atoms with E-state index in [1.807, 2.05) is 57.5 Å². The summed E-state index contributed by atoms with van der Waals surface area (Å²) in [6.45, 7) is 10.00. The first kappa shape index (κ1) is 46.5. The van der Waals surface area contributed by atoms with Crippen LogP contribution in [0.2, 0.25) is 0 Å². The number of benzene rings is 2. The first-order valence-corrected chi connectivity index (χ1v) is 22.7. The molecule has 4 aromatic rings. The molecule has 2 aromatic carbocycles. The molecule has 0 aliphatic carbocycles. The molecule has 0 unspecified atom stereocenters. The Kier molecular flexibility index (Phi) is 16.0. The molecule has 3 atom stereocenters. The van der Waals surface area contributed by atoms with Crippen molar-refractivity contribution < 1.29 is 42.5 Å². The molecule has 0 bridgehead atoms. The van der Waals surface area contributed by atoms with E-state index in [0.717, 1.165) is 32.9 Å². The number of aromatic nitrogens is 2. The molecule has 62 heavy (non-hydrogen) atoms. The third-order valence-corrected chi connectivity index (χ3v) is 12.7. The minimum atomic E-state index is -1.21. The van der Waals surface area contributed by atoms with E-state index in [4.69, 9.17) is 9.47 Å². The van der Waals surface area contributed by atoms with Crippen molar-refractivity contribution in [3.8, 4) is 27.4 Å². The topological polar surface area (TPSA) is 175 Å². The summed E-state index contributed by atoms with van der Waals surface area (Å²) in [6.07, 6.45) is 1.52. The number of carbonyl (C=O) groups excluding carboxylic acids is 4. The number of morpholine rings is 1. The smallest absolute Gasteiger partial charge is 0.257 e. The third kappa shape index (κ3) is 12.1. The van der Waals surface area contributed by atoms with Crippen LogP contribution in [0.3, 0.4) is 0 Å². The van der Waals surface area contributed by atoms with Crippen molar-refractivity contribution in [3.05, 3.63) is 70.2 Å². The SMILES string of the molecule is Cc1ncsc1-c1ccc(CCNC(=O)[C@@H]2C[C@H](O)CN2C(=O)[C@@H](NC(=O)CCCCCNC(=O)COc2c(-c3csc(N4CCOCC4)n3)ccc(F)c2F)C(C)(C)C)cc1. The first-order chi connectivity index (χ1) is 29.7. The van der Waals surface area contributed by atoms with E-state index in [0.29, 0.717) is 64.2 Å². The maximum Gasteiger partial charge on any atom is 0.257 e. The van der Waals surface area contributed by atoms with Gasteiger partial charge in [-0.3, -0.25) is 19.2 Å². The van der Waals surface area contributed by atoms with Gasteiger partial charge in [0.2, 0.25) is 23.5 Å². The van der Waals surface area contributed by atoms with Crippen molar-refractivity contribution in [2.75, 3.05) is 57.4 Å². The Morgan fingerprint density at radius 3 is 2.45 bits per heavy atom.